The van der Waals surface area contributed by atoms with Gasteiger partial charge in [-0.1, -0.05) is 29.8 Å². The summed E-state index contributed by atoms with van der Waals surface area (Å²) in [5.41, 5.74) is 3.14. The van der Waals surface area contributed by atoms with Gasteiger partial charge in [0.15, 0.2) is 0 Å². The van der Waals surface area contributed by atoms with Crippen LogP contribution in [0.2, 0.25) is 5.02 Å². The number of para-hydroxylation sites is 1. The first-order valence-electron chi connectivity index (χ1n) is 7.03. The molecule has 0 bridgehead atoms. The van der Waals surface area contributed by atoms with Crippen molar-refractivity contribution >= 4 is 23.0 Å². The van der Waals surface area contributed by atoms with Crippen molar-refractivity contribution in [3.05, 3.63) is 53.1 Å². The highest BCUT2D eigenvalue weighted by Crippen LogP contribution is 2.28. The summed E-state index contributed by atoms with van der Waals surface area (Å²) < 4.78 is 5.63. The molecule has 0 amide bonds. The largest absolute Gasteiger partial charge is 0.494 e. The van der Waals surface area contributed by atoms with Gasteiger partial charge in [0.25, 0.3) is 0 Å². The molecule has 2 rings (SSSR count). The fraction of sp³-hybridized carbons (Fsp3) is 0.294. The van der Waals surface area contributed by atoms with E-state index in [1.54, 1.807) is 0 Å². The highest BCUT2D eigenvalue weighted by molar-refractivity contribution is 6.33. The number of benzene rings is 2. The summed E-state index contributed by atoms with van der Waals surface area (Å²) in [7, 11) is 3.96. The molecule has 0 spiro atoms. The van der Waals surface area contributed by atoms with E-state index in [0.717, 1.165) is 27.7 Å². The third-order valence-electron chi connectivity index (χ3n) is 3.18. The second-order valence-electron chi connectivity index (χ2n) is 4.95. The molecule has 0 saturated heterocycles. The lowest BCUT2D eigenvalue weighted by atomic mass is 10.2. The molecular weight excluding hydrogens is 284 g/mol. The number of hydrogen-bond donors (Lipinski definition) is 1. The van der Waals surface area contributed by atoms with Crippen LogP contribution in [0.5, 0.6) is 5.75 Å². The number of hydrogen-bond acceptors (Lipinski definition) is 3. The number of nitrogens with one attached hydrogen (secondary N) is 1. The molecule has 0 aliphatic carbocycles. The van der Waals surface area contributed by atoms with E-state index in [1.165, 1.54) is 0 Å². The third kappa shape index (κ3) is 4.05. The molecule has 112 valence electrons. The molecule has 2 aromatic carbocycles. The summed E-state index contributed by atoms with van der Waals surface area (Å²) in [6.45, 7) is 3.36. The maximum Gasteiger partial charge on any atom is 0.124 e. The molecule has 0 aromatic heterocycles. The zero-order valence-electron chi connectivity index (χ0n) is 12.7. The van der Waals surface area contributed by atoms with Crippen LogP contribution >= 0.6 is 11.6 Å². The van der Waals surface area contributed by atoms with Gasteiger partial charge in [-0.3, -0.25) is 0 Å². The van der Waals surface area contributed by atoms with E-state index in [4.69, 9.17) is 16.3 Å². The van der Waals surface area contributed by atoms with Gasteiger partial charge in [-0.25, -0.2) is 0 Å². The second-order valence-corrected chi connectivity index (χ2v) is 5.36. The topological polar surface area (TPSA) is 24.5 Å². The lowest BCUT2D eigenvalue weighted by Crippen LogP contribution is -2.09. The highest BCUT2D eigenvalue weighted by atomic mass is 35.5. The Morgan fingerprint density at radius 2 is 1.90 bits per heavy atom. The van der Waals surface area contributed by atoms with Crippen LogP contribution in [0.15, 0.2) is 42.5 Å². The van der Waals surface area contributed by atoms with Crippen molar-refractivity contribution in [2.75, 3.05) is 30.9 Å². The standard InChI is InChI=1S/C17H21ClN2O/c1-4-21-17-8-6-5-7-13(17)12-19-14-9-10-16(20(2)3)15(18)11-14/h5-11,19H,4,12H2,1-3H3. The van der Waals surface area contributed by atoms with Gasteiger partial charge >= 0.3 is 0 Å². The number of anilines is 2. The van der Waals surface area contributed by atoms with E-state index >= 15 is 0 Å². The van der Waals surface area contributed by atoms with Gasteiger partial charge in [-0.05, 0) is 31.2 Å². The summed E-state index contributed by atoms with van der Waals surface area (Å²) >= 11 is 6.28. The Balaban J connectivity index is 2.08. The molecule has 0 atom stereocenters. The van der Waals surface area contributed by atoms with E-state index in [9.17, 15) is 0 Å². The minimum Gasteiger partial charge on any atom is -0.494 e. The van der Waals surface area contributed by atoms with E-state index in [2.05, 4.69) is 11.4 Å². The molecule has 0 fully saturated rings. The summed E-state index contributed by atoms with van der Waals surface area (Å²) in [5, 5.41) is 4.12. The molecule has 0 unspecified atom stereocenters. The Morgan fingerprint density at radius 3 is 2.57 bits per heavy atom. The predicted octanol–water partition coefficient (Wildman–Crippen LogP) is 4.42. The van der Waals surface area contributed by atoms with Gasteiger partial charge in [0, 0.05) is 31.9 Å². The first-order chi connectivity index (χ1) is 10.1. The number of rotatable bonds is 6. The Kier molecular flexibility index (Phi) is 5.34. The van der Waals surface area contributed by atoms with Gasteiger partial charge in [0.05, 0.1) is 17.3 Å². The lowest BCUT2D eigenvalue weighted by molar-refractivity contribution is 0.337. The average molecular weight is 305 g/mol. The molecule has 0 aliphatic heterocycles. The van der Waals surface area contributed by atoms with Crippen LogP contribution in [-0.4, -0.2) is 20.7 Å². The molecule has 4 heteroatoms. The van der Waals surface area contributed by atoms with Crippen LogP contribution in [0, 0.1) is 0 Å². The summed E-state index contributed by atoms with van der Waals surface area (Å²) in [6.07, 6.45) is 0. The maximum absolute atomic E-state index is 6.28. The fourth-order valence-corrected chi connectivity index (χ4v) is 2.47. The van der Waals surface area contributed by atoms with Crippen molar-refractivity contribution in [1.29, 1.82) is 0 Å². The van der Waals surface area contributed by atoms with Crippen LogP contribution in [-0.2, 0) is 6.54 Å². The van der Waals surface area contributed by atoms with E-state index < -0.39 is 0 Å². The van der Waals surface area contributed by atoms with Gasteiger partial charge in [-0.15, -0.1) is 0 Å². The number of halogens is 1. The molecule has 0 aliphatic rings. The first-order valence-corrected chi connectivity index (χ1v) is 7.41. The SMILES string of the molecule is CCOc1ccccc1CNc1ccc(N(C)C)c(Cl)c1. The van der Waals surface area contributed by atoms with Crippen LogP contribution < -0.4 is 15.0 Å². The van der Waals surface area contributed by atoms with Crippen LogP contribution in [0.1, 0.15) is 12.5 Å². The van der Waals surface area contributed by atoms with Crippen molar-refractivity contribution in [2.24, 2.45) is 0 Å². The Labute approximate surface area is 131 Å². The van der Waals surface area contributed by atoms with Gasteiger partial charge in [0.1, 0.15) is 5.75 Å². The summed E-state index contributed by atoms with van der Waals surface area (Å²) in [4.78, 5) is 2.00. The third-order valence-corrected chi connectivity index (χ3v) is 3.49. The number of ether oxygens (including phenoxy) is 1. The van der Waals surface area contributed by atoms with Gasteiger partial charge < -0.3 is 15.0 Å². The van der Waals surface area contributed by atoms with E-state index in [0.29, 0.717) is 13.2 Å². The molecule has 0 heterocycles. The summed E-state index contributed by atoms with van der Waals surface area (Å²) in [6, 6.07) is 14.0. The Bertz CT molecular complexity index is 599. The van der Waals surface area contributed by atoms with Gasteiger partial charge in [-0.2, -0.15) is 0 Å². The molecule has 21 heavy (non-hydrogen) atoms. The van der Waals surface area contributed by atoms with E-state index in [1.807, 2.05) is 62.3 Å². The van der Waals surface area contributed by atoms with Crippen molar-refractivity contribution < 1.29 is 4.74 Å². The number of nitrogens with zero attached hydrogens (tertiary/aromatic N) is 1. The van der Waals surface area contributed by atoms with Crippen molar-refractivity contribution in [3.8, 4) is 5.75 Å². The highest BCUT2D eigenvalue weighted by Gasteiger charge is 2.05. The van der Waals surface area contributed by atoms with Gasteiger partial charge in [0.2, 0.25) is 0 Å². The Morgan fingerprint density at radius 1 is 1.14 bits per heavy atom. The van der Waals surface area contributed by atoms with Crippen LogP contribution in [0.4, 0.5) is 11.4 Å². The second kappa shape index (κ2) is 7.23. The van der Waals surface area contributed by atoms with Crippen molar-refractivity contribution in [2.45, 2.75) is 13.5 Å². The molecule has 2 aromatic rings. The Hall–Kier alpha value is -1.87. The monoisotopic (exact) mass is 304 g/mol. The zero-order chi connectivity index (χ0) is 15.2. The smallest absolute Gasteiger partial charge is 0.124 e. The average Bonchev–Trinajstić information content (AvgIpc) is 2.46. The fourth-order valence-electron chi connectivity index (χ4n) is 2.12. The molecule has 0 radical (unpaired) electrons. The molecule has 1 N–H and O–H groups in total. The quantitative estimate of drug-likeness (QED) is 0.855. The van der Waals surface area contributed by atoms with Crippen LogP contribution in [0.3, 0.4) is 0 Å². The molecular formula is C17H21ClN2O. The molecule has 3 nitrogen and oxygen atoms in total. The predicted molar refractivity (Wildman–Crippen MR) is 90.7 cm³/mol. The normalized spacial score (nSPS) is 10.3. The first kappa shape index (κ1) is 15.5. The van der Waals surface area contributed by atoms with Crippen molar-refractivity contribution in [1.82, 2.24) is 0 Å². The minimum absolute atomic E-state index is 0.667. The molecule has 0 saturated carbocycles. The lowest BCUT2D eigenvalue weighted by Gasteiger charge is -2.16. The zero-order valence-corrected chi connectivity index (χ0v) is 13.4. The van der Waals surface area contributed by atoms with Crippen LogP contribution in [0.25, 0.3) is 0 Å². The maximum atomic E-state index is 6.28. The van der Waals surface area contributed by atoms with Crippen molar-refractivity contribution in [3.63, 3.8) is 0 Å². The summed E-state index contributed by atoms with van der Waals surface area (Å²) in [5.74, 6) is 0.920. The van der Waals surface area contributed by atoms with E-state index in [-0.39, 0.29) is 0 Å². The minimum atomic E-state index is 0.667.